The lowest BCUT2D eigenvalue weighted by atomic mass is 10.6. The van der Waals surface area contributed by atoms with Crippen molar-refractivity contribution in [1.82, 2.24) is 4.68 Å². The van der Waals surface area contributed by atoms with E-state index in [4.69, 9.17) is 12.2 Å². The maximum Gasteiger partial charge on any atom is 0.180 e. The summed E-state index contributed by atoms with van der Waals surface area (Å²) < 4.78 is 2.91. The molecular formula is C6H10N2S2. The van der Waals surface area contributed by atoms with E-state index in [-0.39, 0.29) is 0 Å². The molecule has 2 nitrogen and oxygen atoms in total. The molecule has 0 saturated heterocycles. The molecule has 56 valence electrons. The van der Waals surface area contributed by atoms with E-state index in [1.54, 1.807) is 11.3 Å². The Morgan fingerprint density at radius 3 is 2.40 bits per heavy atom. The lowest BCUT2D eigenvalue weighted by Crippen LogP contribution is -2.25. The maximum absolute atomic E-state index is 5.09. The Morgan fingerprint density at radius 1 is 1.60 bits per heavy atom. The van der Waals surface area contributed by atoms with Gasteiger partial charge in [-0.05, 0) is 19.1 Å². The Kier molecular flexibility index (Phi) is 2.11. The maximum atomic E-state index is 5.09. The molecule has 10 heavy (non-hydrogen) atoms. The number of hydrogen-bond donors (Lipinski definition) is 0. The first kappa shape index (κ1) is 7.75. The van der Waals surface area contributed by atoms with Gasteiger partial charge in [-0.2, -0.15) is 0 Å². The zero-order valence-corrected chi connectivity index (χ0v) is 7.92. The molecule has 0 atom stereocenters. The number of nitrogens with zero attached hydrogens (tertiary/aromatic N) is 2. The van der Waals surface area contributed by atoms with Crippen molar-refractivity contribution in [3.05, 3.63) is 15.0 Å². The summed E-state index contributed by atoms with van der Waals surface area (Å²) in [5.41, 5.74) is 1.19. The molecule has 1 heterocycles. The summed E-state index contributed by atoms with van der Waals surface area (Å²) in [4.78, 5) is 0. The van der Waals surface area contributed by atoms with Crippen molar-refractivity contribution in [2.45, 2.75) is 6.92 Å². The summed E-state index contributed by atoms with van der Waals surface area (Å²) in [6.07, 6.45) is 0. The number of rotatable bonds is 1. The average Bonchev–Trinajstić information content (AvgIpc) is 2.11. The monoisotopic (exact) mass is 174 g/mol. The van der Waals surface area contributed by atoms with Crippen LogP contribution in [0.2, 0.25) is 0 Å². The van der Waals surface area contributed by atoms with Gasteiger partial charge >= 0.3 is 0 Å². The molecule has 1 rings (SSSR count). The van der Waals surface area contributed by atoms with E-state index in [1.807, 2.05) is 30.7 Å². The van der Waals surface area contributed by atoms with Crippen LogP contribution in [0.25, 0.3) is 0 Å². The molecular weight excluding hydrogens is 164 g/mol. The van der Waals surface area contributed by atoms with Crippen molar-refractivity contribution in [3.63, 3.8) is 0 Å². The fourth-order valence-corrected chi connectivity index (χ4v) is 2.09. The van der Waals surface area contributed by atoms with Crippen molar-refractivity contribution >= 4 is 23.6 Å². The Morgan fingerprint density at radius 2 is 2.20 bits per heavy atom. The molecule has 0 saturated carbocycles. The molecule has 0 aliphatic rings. The summed E-state index contributed by atoms with van der Waals surface area (Å²) in [5.74, 6) is 0. The first-order valence-electron chi connectivity index (χ1n) is 2.97. The van der Waals surface area contributed by atoms with E-state index in [9.17, 15) is 0 Å². The van der Waals surface area contributed by atoms with Gasteiger partial charge in [0, 0.05) is 25.2 Å². The number of thiazole rings is 1. The van der Waals surface area contributed by atoms with Crippen LogP contribution in [-0.2, 0) is 0 Å². The fraction of sp³-hybridized carbons (Fsp3) is 0.500. The minimum atomic E-state index is 0.905. The van der Waals surface area contributed by atoms with Crippen molar-refractivity contribution in [2.24, 2.45) is 0 Å². The van der Waals surface area contributed by atoms with Crippen LogP contribution in [0, 0.1) is 10.9 Å². The molecule has 0 radical (unpaired) electrons. The predicted molar refractivity (Wildman–Crippen MR) is 47.9 cm³/mol. The fourth-order valence-electron chi connectivity index (χ4n) is 0.858. The van der Waals surface area contributed by atoms with E-state index in [1.165, 1.54) is 5.69 Å². The predicted octanol–water partition coefficient (Wildman–Crippen LogP) is 1.79. The van der Waals surface area contributed by atoms with Crippen LogP contribution in [0.3, 0.4) is 0 Å². The highest BCUT2D eigenvalue weighted by Gasteiger charge is 1.98. The zero-order chi connectivity index (χ0) is 7.72. The Balaban J connectivity index is 3.23. The van der Waals surface area contributed by atoms with Gasteiger partial charge < -0.3 is 5.01 Å². The summed E-state index contributed by atoms with van der Waals surface area (Å²) in [7, 11) is 3.96. The van der Waals surface area contributed by atoms with Crippen LogP contribution < -0.4 is 5.01 Å². The number of hydrogen-bond acceptors (Lipinski definition) is 3. The van der Waals surface area contributed by atoms with E-state index < -0.39 is 0 Å². The van der Waals surface area contributed by atoms with Gasteiger partial charge in [0.05, 0.1) is 0 Å². The first-order valence-corrected chi connectivity index (χ1v) is 4.26. The third-order valence-corrected chi connectivity index (χ3v) is 2.53. The standard InChI is InChI=1S/C6H10N2S2/c1-5-4-10-6(9)8(5)7(2)3/h4H,1-3H3. The molecule has 0 bridgehead atoms. The Labute approximate surface area is 69.7 Å². The smallest absolute Gasteiger partial charge is 0.180 e. The molecule has 0 aliphatic carbocycles. The van der Waals surface area contributed by atoms with Gasteiger partial charge in [0.1, 0.15) is 0 Å². The minimum Gasteiger partial charge on any atom is -0.317 e. The van der Waals surface area contributed by atoms with Crippen LogP contribution in [0.4, 0.5) is 0 Å². The highest BCUT2D eigenvalue weighted by Crippen LogP contribution is 2.08. The third kappa shape index (κ3) is 1.22. The molecule has 1 aromatic heterocycles. The Hall–Kier alpha value is -0.350. The van der Waals surface area contributed by atoms with E-state index in [0.29, 0.717) is 0 Å². The van der Waals surface area contributed by atoms with Gasteiger partial charge in [0.25, 0.3) is 0 Å². The second-order valence-electron chi connectivity index (χ2n) is 2.30. The van der Waals surface area contributed by atoms with Crippen LogP contribution in [0.1, 0.15) is 5.69 Å². The molecule has 1 aromatic rings. The Bertz CT molecular complexity index is 272. The molecule has 4 heteroatoms. The minimum absolute atomic E-state index is 0.905. The topological polar surface area (TPSA) is 8.17 Å². The van der Waals surface area contributed by atoms with Crippen LogP contribution in [0.15, 0.2) is 5.38 Å². The molecule has 0 aliphatic heterocycles. The van der Waals surface area contributed by atoms with Gasteiger partial charge in [0.15, 0.2) is 3.95 Å². The number of aryl methyl sites for hydroxylation is 1. The second kappa shape index (κ2) is 2.72. The molecule has 0 unspecified atom stereocenters. The number of aromatic nitrogens is 1. The van der Waals surface area contributed by atoms with Gasteiger partial charge in [-0.3, -0.25) is 0 Å². The SMILES string of the molecule is Cc1csc(=S)n1N(C)C. The molecule has 0 amide bonds. The van der Waals surface area contributed by atoms with Gasteiger partial charge in [-0.25, -0.2) is 4.68 Å². The summed E-state index contributed by atoms with van der Waals surface area (Å²) >= 11 is 6.68. The average molecular weight is 174 g/mol. The highest BCUT2D eigenvalue weighted by atomic mass is 32.1. The lowest BCUT2D eigenvalue weighted by Gasteiger charge is -2.15. The molecule has 0 aromatic carbocycles. The van der Waals surface area contributed by atoms with Crippen molar-refractivity contribution in [1.29, 1.82) is 0 Å². The van der Waals surface area contributed by atoms with E-state index in [0.717, 1.165) is 3.95 Å². The molecule has 0 spiro atoms. The third-order valence-electron chi connectivity index (χ3n) is 1.24. The summed E-state index contributed by atoms with van der Waals surface area (Å²) in [5, 5.41) is 4.04. The van der Waals surface area contributed by atoms with Gasteiger partial charge in [-0.1, -0.05) is 0 Å². The summed E-state index contributed by atoms with van der Waals surface area (Å²) in [6.45, 7) is 2.05. The van der Waals surface area contributed by atoms with Gasteiger partial charge in [-0.15, -0.1) is 11.3 Å². The lowest BCUT2D eigenvalue weighted by molar-refractivity contribution is 0.709. The van der Waals surface area contributed by atoms with E-state index in [2.05, 4.69) is 5.38 Å². The molecule has 0 N–H and O–H groups in total. The van der Waals surface area contributed by atoms with E-state index >= 15 is 0 Å². The van der Waals surface area contributed by atoms with Crippen LogP contribution in [-0.4, -0.2) is 18.8 Å². The van der Waals surface area contributed by atoms with Crippen molar-refractivity contribution in [2.75, 3.05) is 19.1 Å². The second-order valence-corrected chi connectivity index (χ2v) is 3.81. The molecule has 0 fully saturated rings. The van der Waals surface area contributed by atoms with Gasteiger partial charge in [0.2, 0.25) is 0 Å². The highest BCUT2D eigenvalue weighted by molar-refractivity contribution is 7.73. The largest absolute Gasteiger partial charge is 0.317 e. The first-order chi connectivity index (χ1) is 4.63. The van der Waals surface area contributed by atoms with Crippen molar-refractivity contribution < 1.29 is 0 Å². The quantitative estimate of drug-likeness (QED) is 0.600. The normalized spacial score (nSPS) is 9.90. The van der Waals surface area contributed by atoms with Crippen LogP contribution >= 0.6 is 23.6 Å². The zero-order valence-electron chi connectivity index (χ0n) is 6.29. The van der Waals surface area contributed by atoms with Crippen LogP contribution in [0.5, 0.6) is 0 Å². The summed E-state index contributed by atoms with van der Waals surface area (Å²) in [6, 6.07) is 0. The van der Waals surface area contributed by atoms with Crippen molar-refractivity contribution in [3.8, 4) is 0 Å².